The van der Waals surface area contributed by atoms with Gasteiger partial charge in [0, 0.05) is 0 Å². The van der Waals surface area contributed by atoms with Gasteiger partial charge in [-0.2, -0.15) is 0 Å². The van der Waals surface area contributed by atoms with Crippen molar-refractivity contribution < 1.29 is 14.2 Å². The molecular weight excluding hydrogens is 195 g/mol. The maximum Gasteiger partial charge on any atom is 0.136 e. The Kier molecular flexibility index (Phi) is 2.52. The van der Waals surface area contributed by atoms with E-state index in [-0.39, 0.29) is 5.82 Å². The van der Waals surface area contributed by atoms with Crippen molar-refractivity contribution in [1.29, 1.82) is 0 Å². The van der Waals surface area contributed by atoms with E-state index in [1.165, 1.54) is 0 Å². The van der Waals surface area contributed by atoms with Crippen LogP contribution in [0, 0.1) is 12.7 Å². The van der Waals surface area contributed by atoms with Crippen LogP contribution < -0.4 is 0 Å². The number of ether oxygens (including phenoxy) is 1. The predicted molar refractivity (Wildman–Crippen MR) is 55.2 cm³/mol. The van der Waals surface area contributed by atoms with Gasteiger partial charge >= 0.3 is 0 Å². The lowest BCUT2D eigenvalue weighted by Crippen LogP contribution is -2.46. The van der Waals surface area contributed by atoms with Gasteiger partial charge in [0.2, 0.25) is 0 Å². The molecule has 0 spiro atoms. The molecule has 0 radical (unpaired) electrons. The van der Waals surface area contributed by atoms with Crippen LogP contribution in [0.25, 0.3) is 0 Å². The smallest absolute Gasteiger partial charge is 0.136 e. The molecule has 1 fully saturated rings. The zero-order chi connectivity index (χ0) is 11.1. The van der Waals surface area contributed by atoms with Gasteiger partial charge in [-0.25, -0.2) is 4.39 Å². The van der Waals surface area contributed by atoms with Gasteiger partial charge in [-0.1, -0.05) is 13.0 Å². The molecule has 15 heavy (non-hydrogen) atoms. The average Bonchev–Trinajstić information content (AvgIpc) is 2.18. The van der Waals surface area contributed by atoms with E-state index in [0.29, 0.717) is 30.8 Å². The minimum Gasteiger partial charge on any atom is -0.380 e. The summed E-state index contributed by atoms with van der Waals surface area (Å²) in [7, 11) is 0. The molecule has 82 valence electrons. The fraction of sp³-hybridized carbons (Fsp3) is 0.500. The first-order valence-corrected chi connectivity index (χ1v) is 5.16. The van der Waals surface area contributed by atoms with Crippen molar-refractivity contribution in [2.75, 3.05) is 13.2 Å². The van der Waals surface area contributed by atoms with Gasteiger partial charge in [-0.3, -0.25) is 0 Å². The van der Waals surface area contributed by atoms with Crippen LogP contribution in [-0.4, -0.2) is 18.3 Å². The summed E-state index contributed by atoms with van der Waals surface area (Å²) in [5.41, 5.74) is 1.11. The molecule has 1 aliphatic heterocycles. The van der Waals surface area contributed by atoms with Crippen molar-refractivity contribution >= 4 is 0 Å². The van der Waals surface area contributed by atoms with Crippen molar-refractivity contribution in [3.63, 3.8) is 0 Å². The van der Waals surface area contributed by atoms with E-state index < -0.39 is 5.60 Å². The summed E-state index contributed by atoms with van der Waals surface area (Å²) < 4.78 is 18.6. The highest BCUT2D eigenvalue weighted by atomic mass is 19.1. The summed E-state index contributed by atoms with van der Waals surface area (Å²) in [6.07, 6.45) is 0.636. The second-order valence-electron chi connectivity index (χ2n) is 4.14. The summed E-state index contributed by atoms with van der Waals surface area (Å²) in [5.74, 6) is -0.162. The molecule has 3 heteroatoms. The fourth-order valence-electron chi connectivity index (χ4n) is 1.83. The molecule has 0 atom stereocenters. The van der Waals surface area contributed by atoms with Gasteiger partial charge in [0.25, 0.3) is 0 Å². The average molecular weight is 210 g/mol. The molecule has 1 aliphatic rings. The molecule has 2 nitrogen and oxygen atoms in total. The van der Waals surface area contributed by atoms with Crippen LogP contribution in [-0.2, 0) is 16.8 Å². The van der Waals surface area contributed by atoms with E-state index in [1.54, 1.807) is 19.1 Å². The Bertz CT molecular complexity index is 383. The molecule has 0 amide bonds. The molecule has 0 aromatic heterocycles. The third kappa shape index (κ3) is 1.66. The van der Waals surface area contributed by atoms with Crippen molar-refractivity contribution in [3.05, 3.63) is 34.6 Å². The first-order valence-electron chi connectivity index (χ1n) is 5.16. The third-order valence-corrected chi connectivity index (χ3v) is 2.93. The third-order valence-electron chi connectivity index (χ3n) is 2.93. The fourth-order valence-corrected chi connectivity index (χ4v) is 1.83. The normalized spacial score (nSPS) is 18.7. The van der Waals surface area contributed by atoms with Gasteiger partial charge in [-0.15, -0.1) is 0 Å². The maximum atomic E-state index is 13.6. The predicted octanol–water partition coefficient (Wildman–Crippen LogP) is 1.91. The molecule has 1 N–H and O–H groups in total. The topological polar surface area (TPSA) is 29.5 Å². The van der Waals surface area contributed by atoms with E-state index in [1.807, 2.05) is 6.92 Å². The molecule has 1 aromatic rings. The van der Waals surface area contributed by atoms with Gasteiger partial charge in [0.15, 0.2) is 0 Å². The second kappa shape index (κ2) is 3.58. The summed E-state index contributed by atoms with van der Waals surface area (Å²) in [6.45, 7) is 4.24. The van der Waals surface area contributed by atoms with Gasteiger partial charge in [0.1, 0.15) is 11.4 Å². The Balaban J connectivity index is 2.45. The summed E-state index contributed by atoms with van der Waals surface area (Å²) in [4.78, 5) is 0. The van der Waals surface area contributed by atoms with E-state index in [2.05, 4.69) is 0 Å². The number of benzene rings is 1. The minimum atomic E-state index is -0.900. The lowest BCUT2D eigenvalue weighted by atomic mass is 9.89. The highest BCUT2D eigenvalue weighted by Crippen LogP contribution is 2.31. The number of halogens is 1. The van der Waals surface area contributed by atoms with Crippen LogP contribution in [0.2, 0.25) is 0 Å². The van der Waals surface area contributed by atoms with Gasteiger partial charge in [0.05, 0.1) is 13.2 Å². The zero-order valence-electron chi connectivity index (χ0n) is 9.01. The molecule has 0 aliphatic carbocycles. The van der Waals surface area contributed by atoms with Crippen molar-refractivity contribution in [1.82, 2.24) is 0 Å². The standard InChI is InChI=1S/C12H15FO2/c1-3-9-5-10(4-8(2)11(9)13)12(14)6-15-7-12/h4-5,14H,3,6-7H2,1-2H3. The Morgan fingerprint density at radius 2 is 2.13 bits per heavy atom. The molecular formula is C12H15FO2. The number of hydrogen-bond donors (Lipinski definition) is 1. The summed E-state index contributed by atoms with van der Waals surface area (Å²) >= 11 is 0. The van der Waals surface area contributed by atoms with Crippen LogP contribution in [0.1, 0.15) is 23.6 Å². The number of aliphatic hydroxyl groups is 1. The Labute approximate surface area is 88.7 Å². The maximum absolute atomic E-state index is 13.6. The van der Waals surface area contributed by atoms with Crippen LogP contribution in [0.4, 0.5) is 4.39 Å². The Morgan fingerprint density at radius 1 is 1.47 bits per heavy atom. The number of rotatable bonds is 2. The first-order chi connectivity index (χ1) is 7.07. The van der Waals surface area contributed by atoms with E-state index >= 15 is 0 Å². The van der Waals surface area contributed by atoms with Gasteiger partial charge in [-0.05, 0) is 36.1 Å². The molecule has 0 bridgehead atoms. The number of aryl methyl sites for hydroxylation is 2. The monoisotopic (exact) mass is 210 g/mol. The highest BCUT2D eigenvalue weighted by Gasteiger charge is 2.38. The van der Waals surface area contributed by atoms with E-state index in [4.69, 9.17) is 4.74 Å². The van der Waals surface area contributed by atoms with Crippen molar-refractivity contribution in [2.24, 2.45) is 0 Å². The molecule has 1 saturated heterocycles. The molecule has 1 heterocycles. The molecule has 1 aromatic carbocycles. The first kappa shape index (κ1) is 10.6. The van der Waals surface area contributed by atoms with Crippen LogP contribution >= 0.6 is 0 Å². The van der Waals surface area contributed by atoms with Crippen LogP contribution in [0.5, 0.6) is 0 Å². The lowest BCUT2D eigenvalue weighted by Gasteiger charge is -2.37. The SMILES string of the molecule is CCc1cc(C2(O)COC2)cc(C)c1F. The lowest BCUT2D eigenvalue weighted by molar-refractivity contribution is -0.184. The Hall–Kier alpha value is -0.930. The largest absolute Gasteiger partial charge is 0.380 e. The van der Waals surface area contributed by atoms with Crippen molar-refractivity contribution in [2.45, 2.75) is 25.9 Å². The van der Waals surface area contributed by atoms with Crippen LogP contribution in [0.3, 0.4) is 0 Å². The highest BCUT2D eigenvalue weighted by molar-refractivity contribution is 5.35. The molecule has 0 saturated carbocycles. The number of hydrogen-bond acceptors (Lipinski definition) is 2. The van der Waals surface area contributed by atoms with E-state index in [0.717, 1.165) is 5.56 Å². The van der Waals surface area contributed by atoms with Crippen LogP contribution in [0.15, 0.2) is 12.1 Å². The Morgan fingerprint density at radius 3 is 2.60 bits per heavy atom. The molecule has 2 rings (SSSR count). The van der Waals surface area contributed by atoms with E-state index in [9.17, 15) is 9.50 Å². The van der Waals surface area contributed by atoms with Gasteiger partial charge < -0.3 is 9.84 Å². The minimum absolute atomic E-state index is 0.162. The summed E-state index contributed by atoms with van der Waals surface area (Å²) in [5, 5.41) is 10.1. The second-order valence-corrected chi connectivity index (χ2v) is 4.14. The van der Waals surface area contributed by atoms with Crippen molar-refractivity contribution in [3.8, 4) is 0 Å². The quantitative estimate of drug-likeness (QED) is 0.808. The summed E-state index contributed by atoms with van der Waals surface area (Å²) in [6, 6.07) is 3.45. The zero-order valence-corrected chi connectivity index (χ0v) is 9.01. The molecule has 0 unspecified atom stereocenters.